The van der Waals surface area contributed by atoms with E-state index in [0.717, 1.165) is 30.6 Å². The number of methoxy groups -OCH3 is 1. The summed E-state index contributed by atoms with van der Waals surface area (Å²) in [5.41, 5.74) is 7.01. The molecule has 0 spiro atoms. The summed E-state index contributed by atoms with van der Waals surface area (Å²) in [6.07, 6.45) is 3.64. The number of nitrogens with one attached hydrogen (secondary N) is 2. The fraction of sp³-hybridized carbons (Fsp3) is 0.609. The van der Waals surface area contributed by atoms with Crippen LogP contribution in [-0.2, 0) is 25.5 Å². The first-order valence-electron chi connectivity index (χ1n) is 11.0. The van der Waals surface area contributed by atoms with E-state index in [1.54, 1.807) is 0 Å². The number of ether oxygens (including phenoxy) is 2. The number of rotatable bonds is 3. The van der Waals surface area contributed by atoms with Crippen molar-refractivity contribution in [2.24, 2.45) is 11.7 Å². The number of amides is 2. The van der Waals surface area contributed by atoms with E-state index in [0.29, 0.717) is 25.9 Å². The zero-order chi connectivity index (χ0) is 22.8. The molecule has 172 valence electrons. The molecule has 0 radical (unpaired) electrons. The number of hydrogen-bond acceptors (Lipinski definition) is 6. The van der Waals surface area contributed by atoms with Gasteiger partial charge >= 0.3 is 5.97 Å². The Bertz CT molecular complexity index is 735. The second kappa shape index (κ2) is 12.3. The summed E-state index contributed by atoms with van der Waals surface area (Å²) in [5.74, 6) is -0.381. The second-order valence-electron chi connectivity index (χ2n) is 8.43. The minimum absolute atomic E-state index is 0.161. The maximum atomic E-state index is 12.9. The molecule has 4 N–H and O–H groups in total. The monoisotopic (exact) mass is 433 g/mol. The highest BCUT2D eigenvalue weighted by Crippen LogP contribution is 2.15. The van der Waals surface area contributed by atoms with E-state index in [9.17, 15) is 14.4 Å². The lowest BCUT2D eigenvalue weighted by atomic mass is 10.0. The first-order chi connectivity index (χ1) is 14.8. The molecule has 2 aliphatic rings. The van der Waals surface area contributed by atoms with E-state index in [1.165, 1.54) is 7.11 Å². The van der Waals surface area contributed by atoms with Crippen LogP contribution in [0.1, 0.15) is 51.5 Å². The average Bonchev–Trinajstić information content (AvgIpc) is 2.74. The molecule has 2 amide bonds. The van der Waals surface area contributed by atoms with Gasteiger partial charge < -0.3 is 25.8 Å². The summed E-state index contributed by atoms with van der Waals surface area (Å²) in [5, 5.41) is 5.53. The third-order valence-electron chi connectivity index (χ3n) is 5.26. The lowest BCUT2D eigenvalue weighted by Gasteiger charge is -2.25. The van der Waals surface area contributed by atoms with Gasteiger partial charge in [-0.2, -0.15) is 0 Å². The molecule has 0 aliphatic carbocycles. The van der Waals surface area contributed by atoms with Gasteiger partial charge in [0.2, 0.25) is 11.8 Å². The molecule has 3 rings (SSSR count). The van der Waals surface area contributed by atoms with E-state index in [2.05, 4.69) is 10.6 Å². The number of hydrogen-bond donors (Lipinski definition) is 3. The molecule has 0 unspecified atom stereocenters. The first kappa shape index (κ1) is 24.7. The number of carbonyl (C=O) groups is 3. The Hall–Kier alpha value is -2.61. The number of benzene rings is 1. The number of esters is 1. The van der Waals surface area contributed by atoms with Gasteiger partial charge in [-0.05, 0) is 55.7 Å². The van der Waals surface area contributed by atoms with E-state index in [1.807, 2.05) is 38.1 Å². The van der Waals surface area contributed by atoms with Crippen molar-refractivity contribution in [3.8, 4) is 5.75 Å². The summed E-state index contributed by atoms with van der Waals surface area (Å²) in [4.78, 5) is 37.8. The van der Waals surface area contributed by atoms with Gasteiger partial charge in [-0.3, -0.25) is 9.59 Å². The van der Waals surface area contributed by atoms with Gasteiger partial charge in [-0.25, -0.2) is 4.79 Å². The van der Waals surface area contributed by atoms with Crippen LogP contribution in [0.25, 0.3) is 0 Å². The van der Waals surface area contributed by atoms with Crippen LogP contribution < -0.4 is 21.1 Å². The van der Waals surface area contributed by atoms with Gasteiger partial charge in [-0.1, -0.05) is 32.4 Å². The normalized spacial score (nSPS) is 23.8. The SMILES string of the molecule is COC(=O)[C@@H]1CCCCCOc2ccc(cc2)C[C@H](N)C(=O)N[C@@H](CC(C)C)C(=O)N1. The molecule has 8 nitrogen and oxygen atoms in total. The summed E-state index contributed by atoms with van der Waals surface area (Å²) in [6.45, 7) is 4.49. The maximum Gasteiger partial charge on any atom is 0.328 e. The standard InChI is InChI=1S/C23H35N3O5/c1-15(2)13-20-22(28)25-19(23(29)30-3)7-5-4-6-12-31-17-10-8-16(9-11-17)14-18(24)21(27)26-20/h8-11,15,18-20H,4-7,12-14,24H2,1-3H3,(H,25,28)(H,26,27)/t18-,19-,20-/m0/s1. The van der Waals surface area contributed by atoms with Crippen molar-refractivity contribution >= 4 is 17.8 Å². The third kappa shape index (κ3) is 8.20. The van der Waals surface area contributed by atoms with Crippen LogP contribution in [0.15, 0.2) is 24.3 Å². The van der Waals surface area contributed by atoms with Crippen molar-refractivity contribution in [1.29, 1.82) is 0 Å². The molecular formula is C23H35N3O5. The van der Waals surface area contributed by atoms with Crippen LogP contribution in [0.2, 0.25) is 0 Å². The van der Waals surface area contributed by atoms with E-state index in [4.69, 9.17) is 15.2 Å². The molecule has 0 fully saturated rings. The molecule has 1 aromatic rings. The van der Waals surface area contributed by atoms with Gasteiger partial charge in [0, 0.05) is 0 Å². The Labute approximate surface area is 184 Å². The Morgan fingerprint density at radius 2 is 1.84 bits per heavy atom. The van der Waals surface area contributed by atoms with Crippen LogP contribution in [0.3, 0.4) is 0 Å². The highest BCUT2D eigenvalue weighted by atomic mass is 16.5. The van der Waals surface area contributed by atoms with Crippen LogP contribution in [0.5, 0.6) is 5.75 Å². The molecule has 8 heteroatoms. The summed E-state index contributed by atoms with van der Waals surface area (Å²) in [7, 11) is 1.30. The fourth-order valence-electron chi connectivity index (χ4n) is 3.53. The maximum absolute atomic E-state index is 12.9. The van der Waals surface area contributed by atoms with Crippen molar-refractivity contribution in [3.63, 3.8) is 0 Å². The molecule has 1 aromatic carbocycles. The molecule has 2 heterocycles. The molecule has 31 heavy (non-hydrogen) atoms. The largest absolute Gasteiger partial charge is 0.494 e. The minimum Gasteiger partial charge on any atom is -0.494 e. The van der Waals surface area contributed by atoms with Crippen molar-refractivity contribution < 1.29 is 23.9 Å². The molecular weight excluding hydrogens is 398 g/mol. The average molecular weight is 434 g/mol. The van der Waals surface area contributed by atoms with Crippen LogP contribution >= 0.6 is 0 Å². The number of carbonyl (C=O) groups excluding carboxylic acids is 3. The predicted molar refractivity (Wildman–Crippen MR) is 117 cm³/mol. The Kier molecular flexibility index (Phi) is 9.78. The van der Waals surface area contributed by atoms with Crippen molar-refractivity contribution in [2.75, 3.05) is 13.7 Å². The third-order valence-corrected chi connectivity index (χ3v) is 5.26. The number of nitrogens with two attached hydrogens (primary N) is 1. The summed E-state index contributed by atoms with van der Waals surface area (Å²) < 4.78 is 10.6. The van der Waals surface area contributed by atoms with Gasteiger partial charge in [0.25, 0.3) is 0 Å². The van der Waals surface area contributed by atoms with Crippen molar-refractivity contribution in [2.45, 2.75) is 70.5 Å². The molecule has 2 aliphatic heterocycles. The Balaban J connectivity index is 2.21. The lowest BCUT2D eigenvalue weighted by Crippen LogP contribution is -2.55. The van der Waals surface area contributed by atoms with Crippen LogP contribution in [0.4, 0.5) is 0 Å². The minimum atomic E-state index is -0.801. The Morgan fingerprint density at radius 3 is 2.48 bits per heavy atom. The Morgan fingerprint density at radius 1 is 1.13 bits per heavy atom. The number of fused-ring (bicyclic) bond motifs is 15. The van der Waals surface area contributed by atoms with Crippen molar-refractivity contribution in [3.05, 3.63) is 29.8 Å². The summed E-state index contributed by atoms with van der Waals surface area (Å²) >= 11 is 0. The molecule has 0 saturated carbocycles. The molecule has 2 bridgehead atoms. The molecule has 3 atom stereocenters. The highest BCUT2D eigenvalue weighted by molar-refractivity contribution is 5.92. The molecule has 0 saturated heterocycles. The zero-order valence-electron chi connectivity index (χ0n) is 18.7. The first-order valence-corrected chi connectivity index (χ1v) is 11.0. The van der Waals surface area contributed by atoms with E-state index >= 15 is 0 Å². The predicted octanol–water partition coefficient (Wildman–Crippen LogP) is 1.70. The van der Waals surface area contributed by atoms with Crippen LogP contribution in [0, 0.1) is 5.92 Å². The second-order valence-corrected chi connectivity index (χ2v) is 8.43. The van der Waals surface area contributed by atoms with Crippen molar-refractivity contribution in [1.82, 2.24) is 10.6 Å². The quantitative estimate of drug-likeness (QED) is 0.624. The fourth-order valence-corrected chi connectivity index (χ4v) is 3.53. The van der Waals surface area contributed by atoms with Gasteiger partial charge in [0.1, 0.15) is 17.8 Å². The zero-order valence-corrected chi connectivity index (χ0v) is 18.7. The van der Waals surface area contributed by atoms with E-state index < -0.39 is 35.9 Å². The topological polar surface area (TPSA) is 120 Å². The molecule has 0 aromatic heterocycles. The van der Waals surface area contributed by atoms with Gasteiger partial charge in [0.05, 0.1) is 19.8 Å². The lowest BCUT2D eigenvalue weighted by molar-refractivity contribution is -0.145. The van der Waals surface area contributed by atoms with Gasteiger partial charge in [0.15, 0.2) is 0 Å². The van der Waals surface area contributed by atoms with Gasteiger partial charge in [-0.15, -0.1) is 0 Å². The smallest absolute Gasteiger partial charge is 0.328 e. The summed E-state index contributed by atoms with van der Waals surface area (Å²) in [6, 6.07) is 5.18. The van der Waals surface area contributed by atoms with Crippen LogP contribution in [-0.4, -0.2) is 49.6 Å². The highest BCUT2D eigenvalue weighted by Gasteiger charge is 2.29. The van der Waals surface area contributed by atoms with E-state index in [-0.39, 0.29) is 5.92 Å².